The zero-order valence-electron chi connectivity index (χ0n) is 13.2. The van der Waals surface area contributed by atoms with Crippen molar-refractivity contribution in [2.24, 2.45) is 0 Å². The maximum Gasteiger partial charge on any atom is 0.338 e. The number of hydrogen-bond donors (Lipinski definition) is 1. The van der Waals surface area contributed by atoms with Gasteiger partial charge in [0.05, 0.1) is 12.2 Å². The lowest BCUT2D eigenvalue weighted by Gasteiger charge is -2.29. The second kappa shape index (κ2) is 6.60. The minimum absolute atomic E-state index is 0.325. The zero-order valence-corrected chi connectivity index (χ0v) is 13.2. The van der Waals surface area contributed by atoms with Gasteiger partial charge in [0.15, 0.2) is 0 Å². The lowest BCUT2D eigenvalue weighted by atomic mass is 9.95. The van der Waals surface area contributed by atoms with Crippen LogP contribution < -0.4 is 5.32 Å². The van der Waals surface area contributed by atoms with Crippen LogP contribution in [-0.2, 0) is 9.53 Å². The number of aromatic nitrogens is 4. The third-order valence-corrected chi connectivity index (χ3v) is 3.67. The third-order valence-electron chi connectivity index (χ3n) is 3.67. The highest BCUT2D eigenvalue weighted by molar-refractivity contribution is 5.92. The van der Waals surface area contributed by atoms with Crippen LogP contribution >= 0.6 is 0 Å². The number of anilines is 1. The van der Waals surface area contributed by atoms with Gasteiger partial charge in [-0.3, -0.25) is 4.98 Å². The maximum absolute atomic E-state index is 12.6. The second-order valence-corrected chi connectivity index (χ2v) is 5.20. The molecule has 3 rings (SSSR count). The van der Waals surface area contributed by atoms with E-state index in [1.807, 2.05) is 12.1 Å². The van der Waals surface area contributed by atoms with E-state index in [2.05, 4.69) is 27.3 Å². The topological polar surface area (TPSA) is 81.9 Å². The van der Waals surface area contributed by atoms with Crippen LogP contribution in [0, 0.1) is 0 Å². The fourth-order valence-electron chi connectivity index (χ4n) is 2.75. The Morgan fingerprint density at radius 1 is 1.43 bits per heavy atom. The summed E-state index contributed by atoms with van der Waals surface area (Å²) in [6.45, 7) is 4.19. The van der Waals surface area contributed by atoms with Crippen LogP contribution in [0.15, 0.2) is 42.1 Å². The predicted octanol–water partition coefficient (Wildman–Crippen LogP) is 2.31. The van der Waals surface area contributed by atoms with Crippen molar-refractivity contribution >= 4 is 11.9 Å². The number of esters is 1. The van der Waals surface area contributed by atoms with Gasteiger partial charge >= 0.3 is 5.97 Å². The summed E-state index contributed by atoms with van der Waals surface area (Å²) in [7, 11) is 0. The van der Waals surface area contributed by atoms with Crippen LogP contribution in [0.3, 0.4) is 0 Å². The molecule has 0 radical (unpaired) electrons. The van der Waals surface area contributed by atoms with Gasteiger partial charge in [-0.2, -0.15) is 10.1 Å². The van der Waals surface area contributed by atoms with Crippen molar-refractivity contribution < 1.29 is 9.53 Å². The van der Waals surface area contributed by atoms with Crippen LogP contribution in [0.5, 0.6) is 0 Å². The van der Waals surface area contributed by atoms with Crippen molar-refractivity contribution in [3.05, 3.63) is 47.7 Å². The highest BCUT2D eigenvalue weighted by Crippen LogP contribution is 2.36. The van der Waals surface area contributed by atoms with E-state index in [0.717, 1.165) is 24.1 Å². The number of nitrogens with zero attached hydrogens (tertiary/aromatic N) is 4. The predicted molar refractivity (Wildman–Crippen MR) is 84.6 cm³/mol. The van der Waals surface area contributed by atoms with Crippen LogP contribution in [0.2, 0.25) is 0 Å². The van der Waals surface area contributed by atoms with Gasteiger partial charge in [0.1, 0.15) is 12.4 Å². The van der Waals surface area contributed by atoms with Crippen molar-refractivity contribution in [1.82, 2.24) is 19.7 Å². The summed E-state index contributed by atoms with van der Waals surface area (Å²) < 4.78 is 6.98. The maximum atomic E-state index is 12.6. The quantitative estimate of drug-likeness (QED) is 0.853. The molecule has 23 heavy (non-hydrogen) atoms. The summed E-state index contributed by atoms with van der Waals surface area (Å²) in [6, 6.07) is 3.39. The molecule has 0 aromatic carbocycles. The second-order valence-electron chi connectivity index (χ2n) is 5.20. The largest absolute Gasteiger partial charge is 0.463 e. The molecule has 1 N–H and O–H groups in total. The van der Waals surface area contributed by atoms with Crippen LogP contribution in [0.4, 0.5) is 5.95 Å². The number of nitrogens with one attached hydrogen (secondary N) is 1. The Balaban J connectivity index is 2.15. The van der Waals surface area contributed by atoms with Crippen LogP contribution in [0.1, 0.15) is 38.3 Å². The van der Waals surface area contributed by atoms with E-state index in [1.165, 1.54) is 6.33 Å². The van der Waals surface area contributed by atoms with Gasteiger partial charge in [-0.1, -0.05) is 19.4 Å². The number of rotatable bonds is 5. The molecule has 120 valence electrons. The molecule has 1 aliphatic heterocycles. The molecule has 0 saturated heterocycles. The van der Waals surface area contributed by atoms with Crippen LogP contribution in [0.25, 0.3) is 0 Å². The number of hydrogen-bond acceptors (Lipinski definition) is 6. The molecule has 3 heterocycles. The first-order valence-corrected chi connectivity index (χ1v) is 7.72. The van der Waals surface area contributed by atoms with E-state index >= 15 is 0 Å². The van der Waals surface area contributed by atoms with Gasteiger partial charge in [0.25, 0.3) is 0 Å². The van der Waals surface area contributed by atoms with Crippen LogP contribution in [-0.4, -0.2) is 32.3 Å². The summed E-state index contributed by atoms with van der Waals surface area (Å²) in [4.78, 5) is 21.0. The first kappa shape index (κ1) is 15.2. The molecule has 0 amide bonds. The molecule has 7 heteroatoms. The fraction of sp³-hybridized carbons (Fsp3) is 0.375. The lowest BCUT2D eigenvalue weighted by molar-refractivity contribution is -0.139. The van der Waals surface area contributed by atoms with E-state index in [4.69, 9.17) is 4.74 Å². The van der Waals surface area contributed by atoms with Crippen molar-refractivity contribution in [2.45, 2.75) is 32.7 Å². The van der Waals surface area contributed by atoms with Gasteiger partial charge in [-0.15, -0.1) is 0 Å². The number of carbonyl (C=O) groups excluding carboxylic acids is 1. The summed E-state index contributed by atoms with van der Waals surface area (Å²) in [5, 5.41) is 7.49. The molecule has 0 aliphatic carbocycles. The Morgan fingerprint density at radius 2 is 2.30 bits per heavy atom. The van der Waals surface area contributed by atoms with E-state index < -0.39 is 0 Å². The number of ether oxygens (including phenoxy) is 1. The molecule has 1 atom stereocenters. The van der Waals surface area contributed by atoms with Crippen molar-refractivity contribution in [3.8, 4) is 0 Å². The zero-order chi connectivity index (χ0) is 16.2. The number of pyridine rings is 1. The van der Waals surface area contributed by atoms with Gasteiger partial charge in [0.2, 0.25) is 5.95 Å². The first-order valence-electron chi connectivity index (χ1n) is 7.72. The molecule has 0 bridgehead atoms. The summed E-state index contributed by atoms with van der Waals surface area (Å²) in [5.74, 6) is 0.286. The first-order chi connectivity index (χ1) is 11.3. The summed E-state index contributed by atoms with van der Waals surface area (Å²) in [5.41, 5.74) is 2.28. The Kier molecular flexibility index (Phi) is 4.36. The number of allylic oxidation sites excluding steroid dienone is 1. The summed E-state index contributed by atoms with van der Waals surface area (Å²) >= 11 is 0. The highest BCUT2D eigenvalue weighted by atomic mass is 16.5. The smallest absolute Gasteiger partial charge is 0.338 e. The SMILES string of the molecule is CCCC1=C(C(=O)OCC)C(c2cccnc2)n2ncnc2N1. The Morgan fingerprint density at radius 3 is 3.00 bits per heavy atom. The van der Waals surface area contributed by atoms with Crippen molar-refractivity contribution in [1.29, 1.82) is 0 Å². The highest BCUT2D eigenvalue weighted by Gasteiger charge is 2.35. The molecule has 7 nitrogen and oxygen atoms in total. The molecular weight excluding hydrogens is 294 g/mol. The molecule has 1 aliphatic rings. The molecule has 0 saturated carbocycles. The molecule has 0 fully saturated rings. The van der Waals surface area contributed by atoms with Gasteiger partial charge in [-0.25, -0.2) is 9.48 Å². The molecule has 2 aromatic rings. The van der Waals surface area contributed by atoms with E-state index in [1.54, 1.807) is 24.0 Å². The minimum Gasteiger partial charge on any atom is -0.463 e. The Bertz CT molecular complexity index is 723. The summed E-state index contributed by atoms with van der Waals surface area (Å²) in [6.07, 6.45) is 6.55. The molecule has 0 spiro atoms. The van der Waals surface area contributed by atoms with Gasteiger partial charge in [0, 0.05) is 18.1 Å². The number of fused-ring (bicyclic) bond motifs is 1. The molecule has 2 aromatic heterocycles. The Labute approximate surface area is 134 Å². The lowest BCUT2D eigenvalue weighted by Crippen LogP contribution is -2.30. The van der Waals surface area contributed by atoms with Gasteiger partial charge in [-0.05, 0) is 25.0 Å². The molecular formula is C16H19N5O2. The van der Waals surface area contributed by atoms with E-state index in [0.29, 0.717) is 18.1 Å². The molecule has 1 unspecified atom stereocenters. The third kappa shape index (κ3) is 2.81. The number of carbonyl (C=O) groups is 1. The normalized spacial score (nSPS) is 16.7. The minimum atomic E-state index is -0.386. The monoisotopic (exact) mass is 313 g/mol. The average Bonchev–Trinajstić information content (AvgIpc) is 3.03. The van der Waals surface area contributed by atoms with Crippen molar-refractivity contribution in [3.63, 3.8) is 0 Å². The fourth-order valence-corrected chi connectivity index (χ4v) is 2.75. The average molecular weight is 313 g/mol. The standard InChI is InChI=1S/C16H19N5O2/c1-3-6-12-13(15(22)23-4-2)14(11-7-5-8-17-9-11)21-16(20-12)18-10-19-21/h5,7-10,14H,3-4,6H2,1-2H3,(H,18,19,20). The Hall–Kier alpha value is -2.70. The van der Waals surface area contributed by atoms with E-state index in [9.17, 15) is 4.79 Å². The van der Waals surface area contributed by atoms with Gasteiger partial charge < -0.3 is 10.1 Å². The van der Waals surface area contributed by atoms with Crippen molar-refractivity contribution in [2.75, 3.05) is 11.9 Å². The van der Waals surface area contributed by atoms with E-state index in [-0.39, 0.29) is 12.0 Å².